The average molecular weight is 743 g/mol. The van der Waals surface area contributed by atoms with Gasteiger partial charge in [0, 0.05) is 39.7 Å². The average Bonchev–Trinajstić information content (AvgIpc) is 3.22. The number of fused-ring (bicyclic) bond motifs is 4. The molecule has 4 nitrogen and oxygen atoms in total. The molecule has 0 atom stereocenters. The molecule has 5 heteroatoms. The Bertz CT molecular complexity index is 2630. The molecular formula is C52H47BN2O2. The van der Waals surface area contributed by atoms with E-state index in [1.54, 1.807) is 7.11 Å². The molecule has 2 aliphatic heterocycles. The van der Waals surface area contributed by atoms with Crippen molar-refractivity contribution >= 4 is 63.5 Å². The molecule has 0 radical (unpaired) electrons. The number of rotatable bonds is 6. The number of benzene rings is 7. The van der Waals surface area contributed by atoms with Gasteiger partial charge in [0.25, 0.3) is 6.71 Å². The number of aldehydes is 1. The van der Waals surface area contributed by atoms with Crippen LogP contribution in [0.25, 0.3) is 22.3 Å². The first-order valence-electron chi connectivity index (χ1n) is 19.8. The monoisotopic (exact) mass is 742 g/mol. The van der Waals surface area contributed by atoms with E-state index in [4.69, 9.17) is 4.74 Å². The summed E-state index contributed by atoms with van der Waals surface area (Å²) in [5, 5.41) is 0. The first kappa shape index (κ1) is 36.3. The van der Waals surface area contributed by atoms with E-state index in [0.29, 0.717) is 5.56 Å². The number of carbonyl (C=O) groups is 1. The number of carbonyl (C=O) groups excluding carboxylic acids is 1. The van der Waals surface area contributed by atoms with Crippen LogP contribution in [0.1, 0.15) is 63.0 Å². The molecule has 0 aromatic heterocycles. The second-order valence-electron chi connectivity index (χ2n) is 17.4. The lowest BCUT2D eigenvalue weighted by atomic mass is 9.33. The van der Waals surface area contributed by atoms with Gasteiger partial charge in [0.05, 0.1) is 7.11 Å². The highest BCUT2D eigenvalue weighted by molar-refractivity contribution is 7.00. The van der Waals surface area contributed by atoms with Crippen molar-refractivity contribution < 1.29 is 9.53 Å². The largest absolute Gasteiger partial charge is 0.497 e. The van der Waals surface area contributed by atoms with Gasteiger partial charge in [-0.15, -0.1) is 0 Å². The lowest BCUT2D eigenvalue weighted by Crippen LogP contribution is -2.61. The third-order valence-electron chi connectivity index (χ3n) is 11.8. The van der Waals surface area contributed by atoms with Crippen LogP contribution in [0.5, 0.6) is 5.75 Å². The number of anilines is 6. The van der Waals surface area contributed by atoms with Crippen LogP contribution < -0.4 is 30.9 Å². The SMILES string of the molecule is COc1ccc(-c2ccc3c(c2)N(c2ccc(C(C)(C)C)cc2)c2cccc4c2B3c2ccc(-c3ccc(C=O)cc3)cc2N4c2ccc(C(C)(C)C)cc2)cc1. The van der Waals surface area contributed by atoms with Crippen molar-refractivity contribution in [3.05, 3.63) is 168 Å². The summed E-state index contributed by atoms with van der Waals surface area (Å²) in [4.78, 5) is 16.5. The van der Waals surface area contributed by atoms with Gasteiger partial charge < -0.3 is 14.5 Å². The molecule has 0 bridgehead atoms. The van der Waals surface area contributed by atoms with Crippen LogP contribution in [0.2, 0.25) is 0 Å². The van der Waals surface area contributed by atoms with Crippen molar-refractivity contribution in [2.45, 2.75) is 52.4 Å². The van der Waals surface area contributed by atoms with Crippen molar-refractivity contribution in [2.24, 2.45) is 0 Å². The Kier molecular flexibility index (Phi) is 8.73. The van der Waals surface area contributed by atoms with E-state index in [9.17, 15) is 4.79 Å². The van der Waals surface area contributed by atoms with Crippen molar-refractivity contribution in [3.8, 4) is 28.0 Å². The standard InChI is InChI=1S/C52H47BN2O2/c1-51(2,3)39-19-23-41(24-20-39)54-46-9-8-10-47-50(46)53(44-29-17-37(31-48(44)54)35-13-11-34(33-56)12-14-35)45-30-18-38(36-15-27-43(57-7)28-16-36)32-49(45)55(47)42-25-21-40(22-26-42)52(4,5)6/h8-33H,1-7H3. The van der Waals surface area contributed by atoms with Gasteiger partial charge in [-0.2, -0.15) is 0 Å². The number of methoxy groups -OCH3 is 1. The Balaban J connectivity index is 1.30. The predicted molar refractivity (Wildman–Crippen MR) is 241 cm³/mol. The molecule has 0 aliphatic carbocycles. The zero-order chi connectivity index (χ0) is 39.6. The van der Waals surface area contributed by atoms with E-state index in [1.807, 2.05) is 36.4 Å². The van der Waals surface area contributed by atoms with E-state index in [1.165, 1.54) is 44.6 Å². The molecule has 57 heavy (non-hydrogen) atoms. The molecule has 0 fully saturated rings. The fourth-order valence-corrected chi connectivity index (χ4v) is 8.60. The van der Waals surface area contributed by atoms with Gasteiger partial charge in [-0.1, -0.05) is 133 Å². The fourth-order valence-electron chi connectivity index (χ4n) is 8.60. The highest BCUT2D eigenvalue weighted by Crippen LogP contribution is 2.46. The fraction of sp³-hybridized carbons (Fsp3) is 0.173. The highest BCUT2D eigenvalue weighted by atomic mass is 16.5. The summed E-state index contributed by atoms with van der Waals surface area (Å²) < 4.78 is 5.50. The Hall–Kier alpha value is -6.33. The minimum absolute atomic E-state index is 0.00666. The van der Waals surface area contributed by atoms with Crippen LogP contribution in [0, 0.1) is 0 Å². The lowest BCUT2D eigenvalue weighted by Gasteiger charge is -2.44. The highest BCUT2D eigenvalue weighted by Gasteiger charge is 2.43. The predicted octanol–water partition coefficient (Wildman–Crippen LogP) is 11.5. The van der Waals surface area contributed by atoms with Crippen molar-refractivity contribution in [1.82, 2.24) is 0 Å². The maximum absolute atomic E-state index is 11.5. The van der Waals surface area contributed by atoms with Gasteiger partial charge >= 0.3 is 0 Å². The van der Waals surface area contributed by atoms with E-state index in [0.717, 1.165) is 51.4 Å². The summed E-state index contributed by atoms with van der Waals surface area (Å²) >= 11 is 0. The summed E-state index contributed by atoms with van der Waals surface area (Å²) in [5.74, 6) is 0.842. The van der Waals surface area contributed by atoms with Gasteiger partial charge in [0.2, 0.25) is 0 Å². The second kappa shape index (κ2) is 13.7. The third-order valence-corrected chi connectivity index (χ3v) is 11.8. The van der Waals surface area contributed by atoms with Crippen LogP contribution in [0.4, 0.5) is 34.1 Å². The molecule has 0 saturated heterocycles. The Morgan fingerprint density at radius 1 is 0.491 bits per heavy atom. The molecule has 0 N–H and O–H groups in total. The molecule has 7 aromatic carbocycles. The molecule has 2 heterocycles. The minimum atomic E-state index is -0.00666. The van der Waals surface area contributed by atoms with Gasteiger partial charge in [-0.3, -0.25) is 4.79 Å². The molecular weight excluding hydrogens is 695 g/mol. The maximum Gasteiger partial charge on any atom is 0.252 e. The Morgan fingerprint density at radius 2 is 0.912 bits per heavy atom. The van der Waals surface area contributed by atoms with Crippen LogP contribution >= 0.6 is 0 Å². The van der Waals surface area contributed by atoms with Crippen LogP contribution in [0.15, 0.2) is 152 Å². The minimum Gasteiger partial charge on any atom is -0.497 e. The van der Waals surface area contributed by atoms with Crippen molar-refractivity contribution in [1.29, 1.82) is 0 Å². The first-order valence-corrected chi connectivity index (χ1v) is 19.8. The molecule has 0 spiro atoms. The zero-order valence-electron chi connectivity index (χ0n) is 33.8. The van der Waals surface area contributed by atoms with E-state index < -0.39 is 0 Å². The van der Waals surface area contributed by atoms with Crippen molar-refractivity contribution in [2.75, 3.05) is 16.9 Å². The lowest BCUT2D eigenvalue weighted by molar-refractivity contribution is 0.112. The summed E-state index contributed by atoms with van der Waals surface area (Å²) in [6.45, 7) is 13.6. The summed E-state index contributed by atoms with van der Waals surface area (Å²) in [6, 6.07) is 55.1. The molecule has 280 valence electrons. The normalized spacial score (nSPS) is 13.1. The summed E-state index contributed by atoms with van der Waals surface area (Å²) in [6.07, 6.45) is 0.900. The number of ether oxygens (including phenoxy) is 1. The van der Waals surface area contributed by atoms with Gasteiger partial charge in [0.15, 0.2) is 0 Å². The maximum atomic E-state index is 11.5. The summed E-state index contributed by atoms with van der Waals surface area (Å²) in [7, 11) is 1.71. The van der Waals surface area contributed by atoms with Crippen molar-refractivity contribution in [3.63, 3.8) is 0 Å². The molecule has 9 rings (SSSR count). The van der Waals surface area contributed by atoms with Gasteiger partial charge in [0.1, 0.15) is 12.0 Å². The van der Waals surface area contributed by atoms with Gasteiger partial charge in [-0.05, 0) is 121 Å². The Labute approximate surface area is 337 Å². The quantitative estimate of drug-likeness (QED) is 0.125. The molecule has 7 aromatic rings. The number of hydrogen-bond donors (Lipinski definition) is 0. The molecule has 0 unspecified atom stereocenters. The van der Waals surface area contributed by atoms with Crippen LogP contribution in [0.3, 0.4) is 0 Å². The smallest absolute Gasteiger partial charge is 0.252 e. The summed E-state index contributed by atoms with van der Waals surface area (Å²) in [5.41, 5.74) is 18.5. The van der Waals surface area contributed by atoms with Gasteiger partial charge in [-0.25, -0.2) is 0 Å². The van der Waals surface area contributed by atoms with E-state index in [2.05, 4.69) is 167 Å². The van der Waals surface area contributed by atoms with Crippen LogP contribution in [-0.2, 0) is 10.8 Å². The Morgan fingerprint density at radius 3 is 1.32 bits per heavy atom. The van der Waals surface area contributed by atoms with Crippen LogP contribution in [-0.4, -0.2) is 20.1 Å². The molecule has 0 amide bonds. The topological polar surface area (TPSA) is 32.8 Å². The zero-order valence-corrected chi connectivity index (χ0v) is 33.8. The first-order chi connectivity index (χ1) is 27.4. The third kappa shape index (κ3) is 6.32. The molecule has 2 aliphatic rings. The number of hydrogen-bond acceptors (Lipinski definition) is 4. The molecule has 0 saturated carbocycles. The van der Waals surface area contributed by atoms with E-state index in [-0.39, 0.29) is 17.5 Å². The number of nitrogens with zero attached hydrogens (tertiary/aromatic N) is 2. The second-order valence-corrected chi connectivity index (χ2v) is 17.4. The van der Waals surface area contributed by atoms with E-state index >= 15 is 0 Å².